The maximum absolute atomic E-state index is 5.70. The Morgan fingerprint density at radius 2 is 2.00 bits per heavy atom. The molecule has 0 aromatic heterocycles. The Morgan fingerprint density at radius 1 is 1.24 bits per heavy atom. The van der Waals surface area contributed by atoms with E-state index in [0.29, 0.717) is 24.8 Å². The van der Waals surface area contributed by atoms with E-state index in [4.69, 9.17) is 9.47 Å². The molecule has 2 aliphatic rings. The molecule has 0 aromatic rings. The monoisotopic (exact) mass is 298 g/mol. The van der Waals surface area contributed by atoms with Crippen LogP contribution in [-0.4, -0.2) is 63.0 Å². The van der Waals surface area contributed by atoms with Gasteiger partial charge in [-0.25, -0.2) is 0 Å². The zero-order valence-electron chi connectivity index (χ0n) is 14.4. The van der Waals surface area contributed by atoms with Gasteiger partial charge in [0, 0.05) is 38.3 Å². The topological polar surface area (TPSA) is 33.7 Å². The molecule has 0 spiro atoms. The summed E-state index contributed by atoms with van der Waals surface area (Å²) in [4.78, 5) is 2.70. The van der Waals surface area contributed by atoms with Gasteiger partial charge in [-0.15, -0.1) is 0 Å². The molecule has 2 fully saturated rings. The van der Waals surface area contributed by atoms with Crippen molar-refractivity contribution in [2.75, 3.05) is 46.6 Å². The van der Waals surface area contributed by atoms with Gasteiger partial charge in [-0.2, -0.15) is 0 Å². The Kier molecular flexibility index (Phi) is 6.48. The lowest BCUT2D eigenvalue weighted by Gasteiger charge is -2.49. The standard InChI is InChI=1S/C17H34N2O2/c1-14(2)11-16-12-19(7-8-21-10-9-20-4)17(3,13-18-16)15-5-6-15/h14-16,18H,5-13H2,1-4H3. The van der Waals surface area contributed by atoms with Gasteiger partial charge >= 0.3 is 0 Å². The van der Waals surface area contributed by atoms with Crippen molar-refractivity contribution < 1.29 is 9.47 Å². The van der Waals surface area contributed by atoms with Crippen LogP contribution < -0.4 is 5.32 Å². The first-order valence-electron chi connectivity index (χ1n) is 8.61. The molecule has 1 aliphatic heterocycles. The summed E-state index contributed by atoms with van der Waals surface area (Å²) in [6.45, 7) is 12.6. The quantitative estimate of drug-likeness (QED) is 0.661. The average molecular weight is 298 g/mol. The highest BCUT2D eigenvalue weighted by Crippen LogP contribution is 2.44. The number of hydrogen-bond acceptors (Lipinski definition) is 4. The zero-order valence-corrected chi connectivity index (χ0v) is 14.4. The van der Waals surface area contributed by atoms with Crippen molar-refractivity contribution >= 4 is 0 Å². The molecule has 0 aromatic carbocycles. The highest BCUT2D eigenvalue weighted by Gasteiger charge is 2.47. The van der Waals surface area contributed by atoms with E-state index in [0.717, 1.165) is 31.5 Å². The Morgan fingerprint density at radius 3 is 2.62 bits per heavy atom. The molecule has 0 amide bonds. The van der Waals surface area contributed by atoms with Crippen molar-refractivity contribution in [3.05, 3.63) is 0 Å². The number of rotatable bonds is 9. The van der Waals surface area contributed by atoms with Crippen LogP contribution in [0.4, 0.5) is 0 Å². The molecular weight excluding hydrogens is 264 g/mol. The highest BCUT2D eigenvalue weighted by atomic mass is 16.5. The largest absolute Gasteiger partial charge is 0.382 e. The Bertz CT molecular complexity index is 307. The molecule has 4 nitrogen and oxygen atoms in total. The van der Waals surface area contributed by atoms with Crippen LogP contribution in [0.25, 0.3) is 0 Å². The van der Waals surface area contributed by atoms with Crippen LogP contribution in [0.15, 0.2) is 0 Å². The fourth-order valence-corrected chi connectivity index (χ4v) is 3.60. The first-order valence-corrected chi connectivity index (χ1v) is 8.61. The van der Waals surface area contributed by atoms with Crippen molar-refractivity contribution in [3.63, 3.8) is 0 Å². The van der Waals surface area contributed by atoms with Crippen LogP contribution in [0, 0.1) is 11.8 Å². The smallest absolute Gasteiger partial charge is 0.0700 e. The number of nitrogens with one attached hydrogen (secondary N) is 1. The first-order chi connectivity index (χ1) is 10.1. The van der Waals surface area contributed by atoms with Gasteiger partial charge in [-0.1, -0.05) is 13.8 Å². The summed E-state index contributed by atoms with van der Waals surface area (Å²) in [6, 6.07) is 0.635. The normalized spacial score (nSPS) is 31.0. The van der Waals surface area contributed by atoms with Gasteiger partial charge in [0.25, 0.3) is 0 Å². The molecule has 1 heterocycles. The first kappa shape index (κ1) is 17.2. The maximum atomic E-state index is 5.70. The summed E-state index contributed by atoms with van der Waals surface area (Å²) in [5.74, 6) is 1.64. The lowest BCUT2D eigenvalue weighted by Crippen LogP contribution is -2.65. The van der Waals surface area contributed by atoms with Gasteiger partial charge in [0.1, 0.15) is 0 Å². The maximum Gasteiger partial charge on any atom is 0.0700 e. The minimum absolute atomic E-state index is 0.331. The average Bonchev–Trinajstić information content (AvgIpc) is 3.26. The van der Waals surface area contributed by atoms with E-state index in [1.807, 2.05) is 0 Å². The lowest BCUT2D eigenvalue weighted by molar-refractivity contribution is -0.00346. The molecule has 2 unspecified atom stereocenters. The number of ether oxygens (including phenoxy) is 2. The van der Waals surface area contributed by atoms with Crippen molar-refractivity contribution in [1.29, 1.82) is 0 Å². The van der Waals surface area contributed by atoms with Gasteiger partial charge in [-0.3, -0.25) is 4.90 Å². The number of methoxy groups -OCH3 is 1. The van der Waals surface area contributed by atoms with Crippen molar-refractivity contribution in [2.24, 2.45) is 11.8 Å². The van der Waals surface area contributed by atoms with Crippen LogP contribution in [0.5, 0.6) is 0 Å². The minimum atomic E-state index is 0.331. The third kappa shape index (κ3) is 4.92. The third-order valence-electron chi connectivity index (χ3n) is 5.06. The van der Waals surface area contributed by atoms with Crippen molar-refractivity contribution in [3.8, 4) is 0 Å². The molecule has 1 N–H and O–H groups in total. The lowest BCUT2D eigenvalue weighted by atomic mass is 9.88. The van der Waals surface area contributed by atoms with E-state index in [9.17, 15) is 0 Å². The predicted octanol–water partition coefficient (Wildman–Crippen LogP) is 2.14. The third-order valence-corrected chi connectivity index (χ3v) is 5.06. The van der Waals surface area contributed by atoms with Crippen LogP contribution >= 0.6 is 0 Å². The van der Waals surface area contributed by atoms with E-state index >= 15 is 0 Å². The van der Waals surface area contributed by atoms with Gasteiger partial charge < -0.3 is 14.8 Å². The highest BCUT2D eigenvalue weighted by molar-refractivity contribution is 5.04. The van der Waals surface area contributed by atoms with Crippen LogP contribution in [0.1, 0.15) is 40.0 Å². The van der Waals surface area contributed by atoms with E-state index < -0.39 is 0 Å². The second kappa shape index (κ2) is 7.91. The van der Waals surface area contributed by atoms with Crippen LogP contribution in [0.2, 0.25) is 0 Å². The minimum Gasteiger partial charge on any atom is -0.382 e. The second-order valence-electron chi connectivity index (χ2n) is 7.39. The Hall–Kier alpha value is -0.160. The second-order valence-corrected chi connectivity index (χ2v) is 7.39. The van der Waals surface area contributed by atoms with Crippen molar-refractivity contribution in [1.82, 2.24) is 10.2 Å². The fourth-order valence-electron chi connectivity index (χ4n) is 3.60. The van der Waals surface area contributed by atoms with E-state index in [1.165, 1.54) is 25.8 Å². The zero-order chi connectivity index (χ0) is 15.3. The number of piperazine rings is 1. The molecule has 2 atom stereocenters. The number of nitrogens with zero attached hydrogens (tertiary/aromatic N) is 1. The Balaban J connectivity index is 1.84. The van der Waals surface area contributed by atoms with Gasteiger partial charge in [0.2, 0.25) is 0 Å². The molecular formula is C17H34N2O2. The molecule has 0 radical (unpaired) electrons. The summed E-state index contributed by atoms with van der Waals surface area (Å²) in [6.07, 6.45) is 4.06. The van der Waals surface area contributed by atoms with Gasteiger partial charge in [0.15, 0.2) is 0 Å². The van der Waals surface area contributed by atoms with Crippen molar-refractivity contribution in [2.45, 2.75) is 51.6 Å². The van der Waals surface area contributed by atoms with Gasteiger partial charge in [-0.05, 0) is 38.0 Å². The summed E-state index contributed by atoms with van der Waals surface area (Å²) in [5, 5.41) is 3.80. The number of hydrogen-bond donors (Lipinski definition) is 1. The summed E-state index contributed by atoms with van der Waals surface area (Å²) in [5.41, 5.74) is 0.331. The summed E-state index contributed by atoms with van der Waals surface area (Å²) in [7, 11) is 1.72. The van der Waals surface area contributed by atoms with Crippen LogP contribution in [-0.2, 0) is 9.47 Å². The molecule has 21 heavy (non-hydrogen) atoms. The predicted molar refractivity (Wildman–Crippen MR) is 86.6 cm³/mol. The van der Waals surface area contributed by atoms with E-state index in [1.54, 1.807) is 7.11 Å². The van der Waals surface area contributed by atoms with Crippen LogP contribution in [0.3, 0.4) is 0 Å². The molecule has 1 saturated carbocycles. The molecule has 4 heteroatoms. The van der Waals surface area contributed by atoms with E-state index in [2.05, 4.69) is 31.0 Å². The summed E-state index contributed by atoms with van der Waals surface area (Å²) >= 11 is 0. The molecule has 0 bridgehead atoms. The Labute approximate surface area is 130 Å². The summed E-state index contributed by atoms with van der Waals surface area (Å²) < 4.78 is 10.7. The SMILES string of the molecule is COCCOCCN1CC(CC(C)C)NCC1(C)C1CC1. The molecule has 1 saturated heterocycles. The van der Waals surface area contributed by atoms with Gasteiger partial charge in [0.05, 0.1) is 19.8 Å². The van der Waals surface area contributed by atoms with E-state index in [-0.39, 0.29) is 0 Å². The molecule has 2 rings (SSSR count). The molecule has 124 valence electrons. The molecule has 1 aliphatic carbocycles. The fraction of sp³-hybridized carbons (Fsp3) is 1.00.